The predicted molar refractivity (Wildman–Crippen MR) is 83.9 cm³/mol. The van der Waals surface area contributed by atoms with Crippen molar-refractivity contribution in [1.82, 2.24) is 15.1 Å². The quantitative estimate of drug-likeness (QED) is 0.887. The number of carbonyl (C=O) groups excluding carboxylic acids is 1. The van der Waals surface area contributed by atoms with Gasteiger partial charge >= 0.3 is 0 Å². The molecule has 0 spiro atoms. The Morgan fingerprint density at radius 1 is 1.57 bits per heavy atom. The Morgan fingerprint density at radius 2 is 2.29 bits per heavy atom. The summed E-state index contributed by atoms with van der Waals surface area (Å²) in [5, 5.41) is 21.0. The lowest BCUT2D eigenvalue weighted by Crippen LogP contribution is -2.29. The monoisotopic (exact) mass is 327 g/mol. The smallest absolute Gasteiger partial charge is 0.256 e. The van der Waals surface area contributed by atoms with Gasteiger partial charge in [0, 0.05) is 13.6 Å². The highest BCUT2D eigenvalue weighted by Gasteiger charge is 2.23. The SMILES string of the molecule is CC(C)c1nn(C)c(Cl)c1C(=O)NCC(O)c1ccsc1. The summed E-state index contributed by atoms with van der Waals surface area (Å²) in [4.78, 5) is 12.3. The molecule has 0 fully saturated rings. The van der Waals surface area contributed by atoms with Gasteiger partial charge in [0.15, 0.2) is 0 Å². The highest BCUT2D eigenvalue weighted by molar-refractivity contribution is 7.07. The number of nitrogens with one attached hydrogen (secondary N) is 1. The fourth-order valence-electron chi connectivity index (χ4n) is 2.00. The molecule has 7 heteroatoms. The maximum atomic E-state index is 12.3. The Bertz CT molecular complexity index is 622. The molecule has 2 rings (SSSR count). The highest BCUT2D eigenvalue weighted by atomic mass is 35.5. The fraction of sp³-hybridized carbons (Fsp3) is 0.429. The molecule has 0 aromatic carbocycles. The molecule has 2 N–H and O–H groups in total. The van der Waals surface area contributed by atoms with Crippen LogP contribution in [-0.2, 0) is 7.05 Å². The van der Waals surface area contributed by atoms with Gasteiger partial charge < -0.3 is 10.4 Å². The summed E-state index contributed by atoms with van der Waals surface area (Å²) in [6.07, 6.45) is -0.724. The molecule has 2 aromatic rings. The van der Waals surface area contributed by atoms with Gasteiger partial charge in [-0.15, -0.1) is 0 Å². The number of hydrogen-bond donors (Lipinski definition) is 2. The Labute approximate surface area is 132 Å². The van der Waals surface area contributed by atoms with Gasteiger partial charge in [0.25, 0.3) is 5.91 Å². The molecule has 2 aromatic heterocycles. The van der Waals surface area contributed by atoms with Gasteiger partial charge in [0.2, 0.25) is 0 Å². The molecule has 5 nitrogen and oxygen atoms in total. The lowest BCUT2D eigenvalue weighted by atomic mass is 10.1. The molecular formula is C14H18ClN3O2S. The molecule has 1 amide bonds. The van der Waals surface area contributed by atoms with E-state index in [1.807, 2.05) is 30.7 Å². The lowest BCUT2D eigenvalue weighted by molar-refractivity contribution is 0.0915. The number of aromatic nitrogens is 2. The molecule has 0 aliphatic heterocycles. The first-order valence-corrected chi connectivity index (χ1v) is 7.94. The van der Waals surface area contributed by atoms with Crippen LogP contribution in [0.15, 0.2) is 16.8 Å². The summed E-state index contributed by atoms with van der Waals surface area (Å²) in [5.41, 5.74) is 1.83. The summed E-state index contributed by atoms with van der Waals surface area (Å²) >= 11 is 7.65. The number of amides is 1. The Kier molecular flexibility index (Phi) is 5.03. The summed E-state index contributed by atoms with van der Waals surface area (Å²) in [6, 6.07) is 1.83. The topological polar surface area (TPSA) is 67.2 Å². The number of halogens is 1. The van der Waals surface area contributed by atoms with E-state index in [2.05, 4.69) is 10.4 Å². The van der Waals surface area contributed by atoms with Crippen molar-refractivity contribution in [3.8, 4) is 0 Å². The number of aliphatic hydroxyl groups is 1. The largest absolute Gasteiger partial charge is 0.387 e. The third-order valence-corrected chi connectivity index (χ3v) is 4.30. The molecule has 2 heterocycles. The van der Waals surface area contributed by atoms with Crippen LogP contribution < -0.4 is 5.32 Å². The second-order valence-electron chi connectivity index (χ2n) is 5.11. The number of nitrogens with zero attached hydrogens (tertiary/aromatic N) is 2. The first-order chi connectivity index (χ1) is 9.91. The minimum absolute atomic E-state index is 0.0891. The summed E-state index contributed by atoms with van der Waals surface area (Å²) in [7, 11) is 1.70. The van der Waals surface area contributed by atoms with E-state index in [-0.39, 0.29) is 18.4 Å². The van der Waals surface area contributed by atoms with E-state index in [9.17, 15) is 9.90 Å². The van der Waals surface area contributed by atoms with Crippen LogP contribution >= 0.6 is 22.9 Å². The van der Waals surface area contributed by atoms with Crippen molar-refractivity contribution in [3.63, 3.8) is 0 Å². The average molecular weight is 328 g/mol. The normalized spacial score (nSPS) is 12.7. The molecule has 0 aliphatic rings. The van der Waals surface area contributed by atoms with Gasteiger partial charge in [-0.05, 0) is 28.3 Å². The number of carbonyl (C=O) groups is 1. The van der Waals surface area contributed by atoms with Crippen molar-refractivity contribution in [2.45, 2.75) is 25.9 Å². The maximum Gasteiger partial charge on any atom is 0.256 e. The summed E-state index contributed by atoms with van der Waals surface area (Å²) < 4.78 is 1.49. The molecule has 0 radical (unpaired) electrons. The van der Waals surface area contributed by atoms with Crippen molar-refractivity contribution < 1.29 is 9.90 Å². The van der Waals surface area contributed by atoms with Crippen molar-refractivity contribution in [2.75, 3.05) is 6.54 Å². The van der Waals surface area contributed by atoms with Gasteiger partial charge in [0.05, 0.1) is 17.4 Å². The van der Waals surface area contributed by atoms with Gasteiger partial charge in [0.1, 0.15) is 5.15 Å². The molecule has 0 saturated heterocycles. The minimum Gasteiger partial charge on any atom is -0.387 e. The Morgan fingerprint density at radius 3 is 2.86 bits per heavy atom. The van der Waals surface area contributed by atoms with E-state index in [4.69, 9.17) is 11.6 Å². The molecule has 0 saturated carbocycles. The number of thiophene rings is 1. The summed E-state index contributed by atoms with van der Waals surface area (Å²) in [6.45, 7) is 4.05. The van der Waals surface area contributed by atoms with Gasteiger partial charge in [-0.25, -0.2) is 0 Å². The van der Waals surface area contributed by atoms with Crippen molar-refractivity contribution in [1.29, 1.82) is 0 Å². The zero-order valence-electron chi connectivity index (χ0n) is 12.1. The third kappa shape index (κ3) is 3.45. The standard InChI is InChI=1S/C14H18ClN3O2S/c1-8(2)12-11(13(15)18(3)17-12)14(20)16-6-10(19)9-4-5-21-7-9/h4-5,7-8,10,19H,6H2,1-3H3,(H,16,20). The molecule has 0 bridgehead atoms. The van der Waals surface area contributed by atoms with Crippen molar-refractivity contribution in [2.24, 2.45) is 7.05 Å². The van der Waals surface area contributed by atoms with E-state index >= 15 is 0 Å². The van der Waals surface area contributed by atoms with E-state index in [1.165, 1.54) is 16.0 Å². The van der Waals surface area contributed by atoms with Crippen LogP contribution in [0.4, 0.5) is 0 Å². The van der Waals surface area contributed by atoms with Crippen LogP contribution in [0.2, 0.25) is 5.15 Å². The molecule has 21 heavy (non-hydrogen) atoms. The molecule has 114 valence electrons. The average Bonchev–Trinajstić information content (AvgIpc) is 3.05. The Balaban J connectivity index is 2.10. The van der Waals surface area contributed by atoms with E-state index < -0.39 is 6.10 Å². The van der Waals surface area contributed by atoms with Crippen LogP contribution in [0.3, 0.4) is 0 Å². The van der Waals surface area contributed by atoms with Crippen LogP contribution in [0.5, 0.6) is 0 Å². The van der Waals surface area contributed by atoms with Crippen molar-refractivity contribution >= 4 is 28.8 Å². The third-order valence-electron chi connectivity index (χ3n) is 3.16. The van der Waals surface area contributed by atoms with Crippen LogP contribution in [0, 0.1) is 0 Å². The maximum absolute atomic E-state index is 12.3. The van der Waals surface area contributed by atoms with Crippen LogP contribution in [0.25, 0.3) is 0 Å². The number of rotatable bonds is 5. The predicted octanol–water partition coefficient (Wildman–Crippen LogP) is 2.72. The molecular weight excluding hydrogens is 310 g/mol. The van der Waals surface area contributed by atoms with Gasteiger partial charge in [-0.3, -0.25) is 9.48 Å². The van der Waals surface area contributed by atoms with Crippen LogP contribution in [-0.4, -0.2) is 27.3 Å². The first-order valence-electron chi connectivity index (χ1n) is 6.62. The first kappa shape index (κ1) is 16.0. The molecule has 1 atom stereocenters. The van der Waals surface area contributed by atoms with Crippen molar-refractivity contribution in [3.05, 3.63) is 38.8 Å². The molecule has 0 aliphatic carbocycles. The van der Waals surface area contributed by atoms with E-state index in [0.29, 0.717) is 16.4 Å². The van der Waals surface area contributed by atoms with Gasteiger partial charge in [-0.1, -0.05) is 25.4 Å². The zero-order chi connectivity index (χ0) is 15.6. The van der Waals surface area contributed by atoms with Gasteiger partial charge in [-0.2, -0.15) is 16.4 Å². The second-order valence-corrected chi connectivity index (χ2v) is 6.25. The van der Waals surface area contributed by atoms with E-state index in [1.54, 1.807) is 7.05 Å². The lowest BCUT2D eigenvalue weighted by Gasteiger charge is -2.11. The van der Waals surface area contributed by atoms with E-state index in [0.717, 1.165) is 5.56 Å². The Hall–Kier alpha value is -1.37. The number of aliphatic hydroxyl groups excluding tert-OH is 1. The second kappa shape index (κ2) is 6.60. The summed E-state index contributed by atoms with van der Waals surface area (Å²) in [5.74, 6) is -0.225. The number of aryl methyl sites for hydroxylation is 1. The highest BCUT2D eigenvalue weighted by Crippen LogP contribution is 2.25. The molecule has 1 unspecified atom stereocenters. The van der Waals surface area contributed by atoms with Crippen LogP contribution in [0.1, 0.15) is 47.5 Å². The zero-order valence-corrected chi connectivity index (χ0v) is 13.7. The fourth-order valence-corrected chi connectivity index (χ4v) is 2.92. The minimum atomic E-state index is -0.724. The number of hydrogen-bond acceptors (Lipinski definition) is 4.